The summed E-state index contributed by atoms with van der Waals surface area (Å²) >= 11 is 7.80. The number of unbranched alkanes of at least 4 members (excludes halogenated alkanes) is 3. The monoisotopic (exact) mass is 466 g/mol. The largest absolute Gasteiger partial charge is 0.143 e. The molecule has 154 valence electrons. The summed E-state index contributed by atoms with van der Waals surface area (Å²) in [7, 11) is 0. The molecule has 4 heterocycles. The third-order valence-electron chi connectivity index (χ3n) is 5.93. The molecule has 0 nitrogen and oxygen atoms in total. The fourth-order valence-electron chi connectivity index (χ4n) is 4.35. The van der Waals surface area contributed by atoms with Crippen molar-refractivity contribution < 1.29 is 0 Å². The van der Waals surface area contributed by atoms with E-state index >= 15 is 0 Å². The normalized spacial score (nSPS) is 11.8. The van der Waals surface area contributed by atoms with Crippen molar-refractivity contribution in [2.75, 3.05) is 0 Å². The Morgan fingerprint density at radius 3 is 2.27 bits per heavy atom. The van der Waals surface area contributed by atoms with Crippen LogP contribution in [0.3, 0.4) is 0 Å². The summed E-state index contributed by atoms with van der Waals surface area (Å²) in [5.74, 6) is 0. The molecule has 30 heavy (non-hydrogen) atoms. The van der Waals surface area contributed by atoms with E-state index in [-0.39, 0.29) is 0 Å². The summed E-state index contributed by atoms with van der Waals surface area (Å²) in [5, 5.41) is 8.90. The maximum absolute atomic E-state index is 2.36. The zero-order chi connectivity index (χ0) is 20.7. The van der Waals surface area contributed by atoms with Gasteiger partial charge in [-0.3, -0.25) is 0 Å². The topological polar surface area (TPSA) is 0 Å². The van der Waals surface area contributed by atoms with Gasteiger partial charge in [0.1, 0.15) is 0 Å². The first-order chi connectivity index (χ1) is 14.7. The molecule has 4 heteroatoms. The summed E-state index contributed by atoms with van der Waals surface area (Å²) in [6.07, 6.45) is 6.49. The SMILES string of the molecule is CCCCCCc1ccsc1-c1sc(-c2sc3scc(C)c3c2C)c2ccccc12. The van der Waals surface area contributed by atoms with Gasteiger partial charge in [-0.2, -0.15) is 0 Å². The second-order valence-corrected chi connectivity index (χ2v) is 12.1. The maximum atomic E-state index is 2.36. The van der Waals surface area contributed by atoms with Crippen molar-refractivity contribution in [3.63, 3.8) is 0 Å². The fourth-order valence-corrected chi connectivity index (χ4v) is 9.50. The van der Waals surface area contributed by atoms with Crippen LogP contribution in [-0.2, 0) is 6.42 Å². The molecule has 0 N–H and O–H groups in total. The van der Waals surface area contributed by atoms with Gasteiger partial charge in [-0.1, -0.05) is 50.5 Å². The molecule has 0 saturated carbocycles. The second-order valence-electron chi connectivity index (χ2n) is 8.03. The van der Waals surface area contributed by atoms with Gasteiger partial charge in [-0.25, -0.2) is 0 Å². The van der Waals surface area contributed by atoms with Crippen LogP contribution in [0.25, 0.3) is 39.7 Å². The van der Waals surface area contributed by atoms with Crippen LogP contribution in [0.1, 0.15) is 49.3 Å². The molecule has 0 aliphatic rings. The predicted octanol–water partition coefficient (Wildman–Crippen LogP) is 10.3. The van der Waals surface area contributed by atoms with E-state index in [1.165, 1.54) is 88.5 Å². The van der Waals surface area contributed by atoms with Crippen molar-refractivity contribution in [1.82, 2.24) is 0 Å². The Balaban J connectivity index is 1.62. The van der Waals surface area contributed by atoms with Crippen LogP contribution in [0.2, 0.25) is 0 Å². The first-order valence-electron chi connectivity index (χ1n) is 10.7. The predicted molar refractivity (Wildman–Crippen MR) is 141 cm³/mol. The maximum Gasteiger partial charge on any atom is 0.0877 e. The van der Waals surface area contributed by atoms with Crippen LogP contribution in [0.15, 0.2) is 41.1 Å². The highest BCUT2D eigenvalue weighted by Crippen LogP contribution is 2.51. The number of hydrogen-bond acceptors (Lipinski definition) is 4. The summed E-state index contributed by atoms with van der Waals surface area (Å²) in [5.41, 5.74) is 4.41. The van der Waals surface area contributed by atoms with Gasteiger partial charge in [-0.05, 0) is 60.2 Å². The Labute approximate surface area is 194 Å². The molecule has 5 aromatic rings. The standard InChI is InChI=1S/C26H26S4/c1-4-5-6-7-10-18-13-14-27-23(18)25-20-12-9-8-11-19(20)24(29-25)22-17(3)21-16(2)15-28-26(21)30-22/h8-9,11-15H,4-7,10H2,1-3H3. The van der Waals surface area contributed by atoms with E-state index in [9.17, 15) is 0 Å². The van der Waals surface area contributed by atoms with E-state index in [0.29, 0.717) is 0 Å². The highest BCUT2D eigenvalue weighted by atomic mass is 32.2. The zero-order valence-corrected chi connectivity index (χ0v) is 21.0. The van der Waals surface area contributed by atoms with Gasteiger partial charge in [0.25, 0.3) is 0 Å². The van der Waals surface area contributed by atoms with E-state index in [2.05, 4.69) is 61.9 Å². The second kappa shape index (κ2) is 8.58. The number of benzene rings is 1. The van der Waals surface area contributed by atoms with Crippen molar-refractivity contribution in [2.24, 2.45) is 0 Å². The number of fused-ring (bicyclic) bond motifs is 2. The Morgan fingerprint density at radius 2 is 1.53 bits per heavy atom. The first-order valence-corrected chi connectivity index (χ1v) is 14.1. The molecule has 4 aromatic heterocycles. The number of hydrogen-bond donors (Lipinski definition) is 0. The quantitative estimate of drug-likeness (QED) is 0.209. The molecule has 0 amide bonds. The smallest absolute Gasteiger partial charge is 0.0877 e. The number of thiophene rings is 4. The van der Waals surface area contributed by atoms with E-state index in [4.69, 9.17) is 0 Å². The molecule has 0 spiro atoms. The van der Waals surface area contributed by atoms with Gasteiger partial charge in [0.15, 0.2) is 0 Å². The first kappa shape index (κ1) is 20.4. The van der Waals surface area contributed by atoms with E-state index in [1.54, 1.807) is 0 Å². The number of rotatable bonds is 7. The van der Waals surface area contributed by atoms with Gasteiger partial charge in [0.05, 0.1) is 13.8 Å². The lowest BCUT2D eigenvalue weighted by atomic mass is 10.0. The molecule has 0 unspecified atom stereocenters. The van der Waals surface area contributed by atoms with Crippen LogP contribution < -0.4 is 0 Å². The summed E-state index contributed by atoms with van der Waals surface area (Å²) in [6, 6.07) is 11.4. The lowest BCUT2D eigenvalue weighted by Gasteiger charge is -2.03. The number of aryl methyl sites for hydroxylation is 3. The Bertz CT molecular complexity index is 1310. The zero-order valence-electron chi connectivity index (χ0n) is 17.7. The minimum atomic E-state index is 1.20. The van der Waals surface area contributed by atoms with Gasteiger partial charge in [0.2, 0.25) is 0 Å². The molecule has 0 saturated heterocycles. The highest BCUT2D eigenvalue weighted by molar-refractivity contribution is 7.40. The van der Waals surface area contributed by atoms with Crippen LogP contribution in [0.5, 0.6) is 0 Å². The Morgan fingerprint density at radius 1 is 0.767 bits per heavy atom. The van der Waals surface area contributed by atoms with E-state index < -0.39 is 0 Å². The fraction of sp³-hybridized carbons (Fsp3) is 0.308. The molecule has 5 rings (SSSR count). The molecule has 0 bridgehead atoms. The molecule has 0 fully saturated rings. The Hall–Kier alpha value is -1.46. The minimum Gasteiger partial charge on any atom is -0.143 e. The minimum absolute atomic E-state index is 1.20. The lowest BCUT2D eigenvalue weighted by Crippen LogP contribution is -1.85. The summed E-state index contributed by atoms with van der Waals surface area (Å²) in [4.78, 5) is 5.88. The van der Waals surface area contributed by atoms with Crippen LogP contribution >= 0.6 is 45.3 Å². The molecular formula is C26H26S4. The third kappa shape index (κ3) is 3.48. The van der Waals surface area contributed by atoms with E-state index in [1.807, 2.05) is 45.3 Å². The molecule has 0 atom stereocenters. The highest BCUT2D eigenvalue weighted by Gasteiger charge is 2.21. The molecule has 0 radical (unpaired) electrons. The molecule has 0 aliphatic heterocycles. The van der Waals surface area contributed by atoms with Gasteiger partial charge < -0.3 is 0 Å². The molecular weight excluding hydrogens is 441 g/mol. The summed E-state index contributed by atoms with van der Waals surface area (Å²) < 4.78 is 1.46. The van der Waals surface area contributed by atoms with Crippen molar-refractivity contribution in [3.05, 3.63) is 57.8 Å². The van der Waals surface area contributed by atoms with Gasteiger partial charge in [-0.15, -0.1) is 45.3 Å². The van der Waals surface area contributed by atoms with Crippen LogP contribution in [0, 0.1) is 13.8 Å². The van der Waals surface area contributed by atoms with E-state index in [0.717, 1.165) is 0 Å². The van der Waals surface area contributed by atoms with Crippen molar-refractivity contribution in [2.45, 2.75) is 52.9 Å². The van der Waals surface area contributed by atoms with Crippen LogP contribution in [0.4, 0.5) is 0 Å². The molecule has 0 aliphatic carbocycles. The average molecular weight is 467 g/mol. The summed E-state index contributed by atoms with van der Waals surface area (Å²) in [6.45, 7) is 6.84. The average Bonchev–Trinajstić information content (AvgIpc) is 3.50. The third-order valence-corrected chi connectivity index (χ3v) is 11.0. The van der Waals surface area contributed by atoms with Gasteiger partial charge >= 0.3 is 0 Å². The lowest BCUT2D eigenvalue weighted by molar-refractivity contribution is 0.668. The molecule has 1 aromatic carbocycles. The van der Waals surface area contributed by atoms with Gasteiger partial charge in [0, 0.05) is 25.9 Å². The van der Waals surface area contributed by atoms with Crippen molar-refractivity contribution in [3.8, 4) is 19.5 Å². The van der Waals surface area contributed by atoms with Crippen molar-refractivity contribution in [1.29, 1.82) is 0 Å². The Kier molecular flexibility index (Phi) is 5.85. The van der Waals surface area contributed by atoms with Crippen molar-refractivity contribution >= 4 is 65.5 Å². The van der Waals surface area contributed by atoms with Crippen LogP contribution in [-0.4, -0.2) is 0 Å².